The molecule has 1 aliphatic heterocycles. The minimum Gasteiger partial charge on any atom is -0.440 e. The monoisotopic (exact) mass is 408 g/mol. The van der Waals surface area contributed by atoms with Crippen LogP contribution in [0.1, 0.15) is 11.1 Å². The fourth-order valence-corrected chi connectivity index (χ4v) is 3.51. The first-order valence-corrected chi connectivity index (χ1v) is 9.34. The van der Waals surface area contributed by atoms with E-state index in [9.17, 15) is 26.1 Å². The van der Waals surface area contributed by atoms with Crippen molar-refractivity contribution in [1.82, 2.24) is 0 Å². The molecule has 144 valence electrons. The third kappa shape index (κ3) is 2.98. The average molecular weight is 408 g/mol. The van der Waals surface area contributed by atoms with Crippen molar-refractivity contribution in [3.05, 3.63) is 89.2 Å². The number of fused-ring (bicyclic) bond motifs is 1. The van der Waals surface area contributed by atoms with Gasteiger partial charge < -0.3 is 9.47 Å². The SMILES string of the molecule is O=S(=O)(O)c1cc2c(cc1F)OC(c1ccc(F)cc1)(c1ccc(F)cc1)O2. The van der Waals surface area contributed by atoms with Gasteiger partial charge >= 0.3 is 5.79 Å². The molecule has 0 bridgehead atoms. The van der Waals surface area contributed by atoms with Crippen molar-refractivity contribution in [3.8, 4) is 11.5 Å². The highest BCUT2D eigenvalue weighted by Crippen LogP contribution is 2.49. The molecule has 0 saturated heterocycles. The first-order chi connectivity index (χ1) is 13.2. The van der Waals surface area contributed by atoms with Gasteiger partial charge in [0.15, 0.2) is 11.5 Å². The summed E-state index contributed by atoms with van der Waals surface area (Å²) < 4.78 is 84.4. The molecule has 3 aromatic rings. The van der Waals surface area contributed by atoms with Gasteiger partial charge in [-0.2, -0.15) is 8.42 Å². The Labute approximate surface area is 157 Å². The van der Waals surface area contributed by atoms with Crippen LogP contribution in [0.15, 0.2) is 65.6 Å². The largest absolute Gasteiger partial charge is 0.440 e. The Bertz CT molecular complexity index is 1110. The lowest BCUT2D eigenvalue weighted by molar-refractivity contribution is -0.0460. The fourth-order valence-electron chi connectivity index (χ4n) is 2.95. The number of hydrogen-bond donors (Lipinski definition) is 1. The van der Waals surface area contributed by atoms with Gasteiger partial charge in [-0.1, -0.05) is 0 Å². The predicted molar refractivity (Wildman–Crippen MR) is 91.1 cm³/mol. The molecular weight excluding hydrogens is 397 g/mol. The van der Waals surface area contributed by atoms with Gasteiger partial charge in [-0.3, -0.25) is 4.55 Å². The normalized spacial score (nSPS) is 14.9. The van der Waals surface area contributed by atoms with Gasteiger partial charge in [-0.15, -0.1) is 0 Å². The van der Waals surface area contributed by atoms with Crippen molar-refractivity contribution in [2.24, 2.45) is 0 Å². The van der Waals surface area contributed by atoms with Crippen LogP contribution >= 0.6 is 0 Å². The molecule has 5 nitrogen and oxygen atoms in total. The Hall–Kier alpha value is -3.04. The molecule has 0 fully saturated rings. The summed E-state index contributed by atoms with van der Waals surface area (Å²) in [4.78, 5) is -0.983. The summed E-state index contributed by atoms with van der Waals surface area (Å²) >= 11 is 0. The smallest absolute Gasteiger partial charge is 0.305 e. The van der Waals surface area contributed by atoms with Crippen LogP contribution in [0.25, 0.3) is 0 Å². The molecule has 0 amide bonds. The van der Waals surface area contributed by atoms with Gasteiger partial charge in [0.05, 0.1) is 0 Å². The summed E-state index contributed by atoms with van der Waals surface area (Å²) in [5, 5.41) is 0. The molecule has 0 aromatic heterocycles. The highest BCUT2D eigenvalue weighted by atomic mass is 32.2. The summed E-state index contributed by atoms with van der Waals surface area (Å²) in [7, 11) is -4.84. The molecule has 0 aliphatic carbocycles. The standard InChI is InChI=1S/C19H11F3O5S/c20-13-5-1-11(2-6-13)19(12-3-7-14(21)8-4-12)26-16-9-15(22)18(28(23,24)25)10-17(16)27-19/h1-10H,(H,23,24,25). The van der Waals surface area contributed by atoms with Gasteiger partial charge in [-0.25, -0.2) is 13.2 Å². The molecule has 9 heteroatoms. The Kier molecular flexibility index (Phi) is 4.09. The van der Waals surface area contributed by atoms with E-state index in [0.717, 1.165) is 36.4 Å². The van der Waals surface area contributed by atoms with Crippen LogP contribution in [-0.2, 0) is 15.9 Å². The number of hydrogen-bond acceptors (Lipinski definition) is 4. The maximum atomic E-state index is 14.1. The summed E-state index contributed by atoms with van der Waals surface area (Å²) in [5.74, 6) is -4.32. The Morgan fingerprint density at radius 3 is 1.61 bits per heavy atom. The molecule has 1 N–H and O–H groups in total. The summed E-state index contributed by atoms with van der Waals surface area (Å²) in [6.45, 7) is 0. The molecule has 0 saturated carbocycles. The highest BCUT2D eigenvalue weighted by Gasteiger charge is 2.46. The van der Waals surface area contributed by atoms with Gasteiger partial charge in [0.2, 0.25) is 0 Å². The third-order valence-electron chi connectivity index (χ3n) is 4.23. The topological polar surface area (TPSA) is 72.8 Å². The van der Waals surface area contributed by atoms with Crippen LogP contribution in [0.2, 0.25) is 0 Å². The van der Waals surface area contributed by atoms with Crippen LogP contribution in [0.4, 0.5) is 13.2 Å². The zero-order valence-corrected chi connectivity index (χ0v) is 14.7. The van der Waals surface area contributed by atoms with E-state index in [1.807, 2.05) is 0 Å². The van der Waals surface area contributed by atoms with E-state index in [-0.39, 0.29) is 11.5 Å². The van der Waals surface area contributed by atoms with Crippen LogP contribution in [0, 0.1) is 17.5 Å². The number of rotatable bonds is 3. The lowest BCUT2D eigenvalue weighted by Gasteiger charge is -2.28. The second-order valence-electron chi connectivity index (χ2n) is 6.04. The first kappa shape index (κ1) is 18.3. The zero-order valence-electron chi connectivity index (χ0n) is 13.9. The highest BCUT2D eigenvalue weighted by molar-refractivity contribution is 7.85. The van der Waals surface area contributed by atoms with Gasteiger partial charge in [0.1, 0.15) is 22.3 Å². The van der Waals surface area contributed by atoms with Crippen LogP contribution < -0.4 is 9.47 Å². The molecule has 4 rings (SSSR count). The maximum Gasteiger partial charge on any atom is 0.305 e. The predicted octanol–water partition coefficient (Wildman–Crippen LogP) is 4.02. The lowest BCUT2D eigenvalue weighted by Crippen LogP contribution is -2.36. The van der Waals surface area contributed by atoms with Crippen LogP contribution in [0.3, 0.4) is 0 Å². The lowest BCUT2D eigenvalue weighted by atomic mass is 9.97. The summed E-state index contributed by atoms with van der Waals surface area (Å²) in [6.07, 6.45) is 0. The summed E-state index contributed by atoms with van der Waals surface area (Å²) in [5.41, 5.74) is 0.594. The summed E-state index contributed by atoms with van der Waals surface area (Å²) in [6, 6.07) is 11.6. The molecular formula is C19H11F3O5S. The van der Waals surface area contributed by atoms with Gasteiger partial charge in [0.25, 0.3) is 10.1 Å². The van der Waals surface area contributed by atoms with E-state index in [1.165, 1.54) is 24.3 Å². The third-order valence-corrected chi connectivity index (χ3v) is 5.10. The minimum atomic E-state index is -4.84. The molecule has 1 aliphatic rings. The molecule has 0 unspecified atom stereocenters. The first-order valence-electron chi connectivity index (χ1n) is 7.90. The Balaban J connectivity index is 1.90. The molecule has 1 heterocycles. The molecule has 0 radical (unpaired) electrons. The maximum absolute atomic E-state index is 14.1. The van der Waals surface area contributed by atoms with E-state index in [1.54, 1.807) is 0 Å². The Morgan fingerprint density at radius 2 is 1.18 bits per heavy atom. The minimum absolute atomic E-state index is 0.140. The molecule has 0 atom stereocenters. The van der Waals surface area contributed by atoms with Crippen LogP contribution in [-0.4, -0.2) is 13.0 Å². The fraction of sp³-hybridized carbons (Fsp3) is 0.0526. The van der Waals surface area contributed by atoms with Gasteiger partial charge in [-0.05, 0) is 48.5 Å². The number of halogens is 3. The van der Waals surface area contributed by atoms with Crippen molar-refractivity contribution >= 4 is 10.1 Å². The number of benzene rings is 3. The zero-order chi connectivity index (χ0) is 20.1. The van der Waals surface area contributed by atoms with Crippen LogP contribution in [0.5, 0.6) is 11.5 Å². The second kappa shape index (κ2) is 6.25. The van der Waals surface area contributed by atoms with Crippen molar-refractivity contribution in [2.45, 2.75) is 10.7 Å². The molecule has 0 spiro atoms. The Morgan fingerprint density at radius 1 is 0.750 bits per heavy atom. The van der Waals surface area contributed by atoms with Crippen molar-refractivity contribution < 1.29 is 35.6 Å². The number of ether oxygens (including phenoxy) is 2. The molecule has 28 heavy (non-hydrogen) atoms. The van der Waals surface area contributed by atoms with Crippen molar-refractivity contribution in [1.29, 1.82) is 0 Å². The van der Waals surface area contributed by atoms with Gasteiger partial charge in [0, 0.05) is 23.3 Å². The van der Waals surface area contributed by atoms with Crippen molar-refractivity contribution in [2.75, 3.05) is 0 Å². The van der Waals surface area contributed by atoms with E-state index < -0.39 is 38.3 Å². The second-order valence-corrected chi connectivity index (χ2v) is 7.43. The van der Waals surface area contributed by atoms with E-state index in [0.29, 0.717) is 11.1 Å². The average Bonchev–Trinajstić information content (AvgIpc) is 3.00. The van der Waals surface area contributed by atoms with E-state index >= 15 is 0 Å². The van der Waals surface area contributed by atoms with Crippen molar-refractivity contribution in [3.63, 3.8) is 0 Å². The van der Waals surface area contributed by atoms with E-state index in [2.05, 4.69) is 0 Å². The molecule has 3 aromatic carbocycles. The quantitative estimate of drug-likeness (QED) is 0.663. The van der Waals surface area contributed by atoms with E-state index in [4.69, 9.17) is 9.47 Å².